The number of aromatic nitrogens is 4. The van der Waals surface area contributed by atoms with Crippen molar-refractivity contribution in [3.05, 3.63) is 106 Å². The monoisotopic (exact) mass is 536 g/mol. The molecule has 2 atom stereocenters. The van der Waals surface area contributed by atoms with Gasteiger partial charge >= 0.3 is 0 Å². The van der Waals surface area contributed by atoms with Crippen LogP contribution < -0.4 is 10.9 Å². The van der Waals surface area contributed by atoms with Crippen LogP contribution in [0.4, 0.5) is 5.69 Å². The van der Waals surface area contributed by atoms with E-state index in [2.05, 4.69) is 51.3 Å². The largest absolute Gasteiger partial charge is 0.373 e. The number of benzene rings is 2. The molecule has 204 valence electrons. The number of pyridine rings is 1. The van der Waals surface area contributed by atoms with Crippen LogP contribution in [0.25, 0.3) is 22.2 Å². The molecule has 0 spiro atoms. The fourth-order valence-electron chi connectivity index (χ4n) is 5.39. The quantitative estimate of drug-likeness (QED) is 0.281. The first-order chi connectivity index (χ1) is 19.4. The molecule has 0 unspecified atom stereocenters. The van der Waals surface area contributed by atoms with Gasteiger partial charge in [0.2, 0.25) is 0 Å². The molecule has 0 bridgehead atoms. The van der Waals surface area contributed by atoms with E-state index in [1.54, 1.807) is 23.1 Å². The fraction of sp³-hybridized carbons (Fsp3) is 0.258. The third-order valence-electron chi connectivity index (χ3n) is 7.12. The standard InChI is InChI=1S/C31H32N6O3/c1-20-15-36(16-21(2)40-20)17-23-8-9-28-24(10-23)11-29(35-28)27-12-26(14-32-31(27)39)34-30(38)25-13-33-37(19-25)18-22-6-4-3-5-7-22/h3-14,19-21,35H,15-18H2,1-2H3,(H,32,39)(H,34,38)/t20-,21+. The van der Waals surface area contributed by atoms with Crippen LogP contribution in [0.3, 0.4) is 0 Å². The number of fused-ring (bicyclic) bond motifs is 1. The Kier molecular flexibility index (Phi) is 7.06. The number of morpholine rings is 1. The number of H-pyrrole nitrogens is 2. The van der Waals surface area contributed by atoms with E-state index in [1.807, 2.05) is 42.5 Å². The van der Waals surface area contributed by atoms with Gasteiger partial charge in [0.05, 0.1) is 47.5 Å². The molecule has 0 aliphatic carbocycles. The van der Waals surface area contributed by atoms with Crippen LogP contribution in [0, 0.1) is 0 Å². The van der Waals surface area contributed by atoms with Gasteiger partial charge in [0, 0.05) is 42.9 Å². The van der Waals surface area contributed by atoms with Crippen molar-refractivity contribution in [2.24, 2.45) is 0 Å². The Labute approximate surface area is 231 Å². The van der Waals surface area contributed by atoms with Crippen LogP contribution >= 0.6 is 0 Å². The van der Waals surface area contributed by atoms with Crippen LogP contribution in [0.5, 0.6) is 0 Å². The average molecular weight is 537 g/mol. The number of carbonyl (C=O) groups is 1. The summed E-state index contributed by atoms with van der Waals surface area (Å²) >= 11 is 0. The second-order valence-corrected chi connectivity index (χ2v) is 10.6. The maximum absolute atomic E-state index is 12.9. The van der Waals surface area contributed by atoms with Crippen molar-refractivity contribution in [3.8, 4) is 11.3 Å². The molecule has 1 aliphatic heterocycles. The molecule has 5 aromatic rings. The van der Waals surface area contributed by atoms with Gasteiger partial charge in [0.1, 0.15) is 0 Å². The highest BCUT2D eigenvalue weighted by atomic mass is 16.5. The predicted octanol–water partition coefficient (Wildman–Crippen LogP) is 4.63. The Morgan fingerprint density at radius 3 is 2.62 bits per heavy atom. The maximum Gasteiger partial charge on any atom is 0.258 e. The highest BCUT2D eigenvalue weighted by Gasteiger charge is 2.22. The van der Waals surface area contributed by atoms with E-state index in [0.717, 1.165) is 36.1 Å². The van der Waals surface area contributed by atoms with Crippen molar-refractivity contribution in [2.45, 2.75) is 39.1 Å². The minimum absolute atomic E-state index is 0.219. The number of carbonyl (C=O) groups excluding carboxylic acids is 1. The van der Waals surface area contributed by atoms with Gasteiger partial charge in [-0.15, -0.1) is 0 Å². The third kappa shape index (κ3) is 5.75. The van der Waals surface area contributed by atoms with E-state index in [1.165, 1.54) is 11.8 Å². The second-order valence-electron chi connectivity index (χ2n) is 10.6. The van der Waals surface area contributed by atoms with Crippen molar-refractivity contribution >= 4 is 22.5 Å². The van der Waals surface area contributed by atoms with Gasteiger partial charge in [-0.3, -0.25) is 19.2 Å². The molecule has 0 radical (unpaired) electrons. The summed E-state index contributed by atoms with van der Waals surface area (Å²) in [5, 5.41) is 8.22. The molecular weight excluding hydrogens is 504 g/mol. The van der Waals surface area contributed by atoms with Crippen LogP contribution in [0.15, 0.2) is 84.0 Å². The molecule has 0 saturated carbocycles. The number of hydrogen-bond donors (Lipinski definition) is 3. The highest BCUT2D eigenvalue weighted by Crippen LogP contribution is 2.25. The van der Waals surface area contributed by atoms with E-state index in [4.69, 9.17) is 4.74 Å². The number of rotatable bonds is 7. The van der Waals surface area contributed by atoms with Crippen LogP contribution in [-0.2, 0) is 17.8 Å². The highest BCUT2D eigenvalue weighted by molar-refractivity contribution is 6.04. The molecule has 1 amide bonds. The molecule has 9 heteroatoms. The van der Waals surface area contributed by atoms with E-state index in [-0.39, 0.29) is 23.7 Å². The normalized spacial score (nSPS) is 17.8. The minimum atomic E-state index is -0.301. The van der Waals surface area contributed by atoms with Crippen molar-refractivity contribution in [1.29, 1.82) is 0 Å². The summed E-state index contributed by atoms with van der Waals surface area (Å²) in [7, 11) is 0. The maximum atomic E-state index is 12.9. The van der Waals surface area contributed by atoms with Gasteiger partial charge in [-0.05, 0) is 49.2 Å². The molecule has 1 fully saturated rings. The molecule has 3 aromatic heterocycles. The van der Waals surface area contributed by atoms with Crippen LogP contribution in [-0.4, -0.2) is 55.9 Å². The van der Waals surface area contributed by atoms with E-state index < -0.39 is 0 Å². The van der Waals surface area contributed by atoms with Crippen molar-refractivity contribution in [2.75, 3.05) is 18.4 Å². The van der Waals surface area contributed by atoms with Gasteiger partial charge in [-0.2, -0.15) is 5.10 Å². The number of ether oxygens (including phenoxy) is 1. The lowest BCUT2D eigenvalue weighted by Crippen LogP contribution is -2.44. The van der Waals surface area contributed by atoms with Gasteiger partial charge in [0.15, 0.2) is 0 Å². The second kappa shape index (κ2) is 11.0. The van der Waals surface area contributed by atoms with E-state index in [9.17, 15) is 9.59 Å². The van der Waals surface area contributed by atoms with Gasteiger partial charge < -0.3 is 20.0 Å². The fourth-order valence-corrected chi connectivity index (χ4v) is 5.39. The number of amides is 1. The Balaban J connectivity index is 1.17. The number of nitrogens with one attached hydrogen (secondary N) is 3. The van der Waals surface area contributed by atoms with E-state index in [0.29, 0.717) is 29.1 Å². The van der Waals surface area contributed by atoms with Crippen molar-refractivity contribution in [3.63, 3.8) is 0 Å². The molecule has 6 rings (SSSR count). The van der Waals surface area contributed by atoms with Gasteiger partial charge in [0.25, 0.3) is 11.5 Å². The first-order valence-corrected chi connectivity index (χ1v) is 13.5. The summed E-state index contributed by atoms with van der Waals surface area (Å²) in [6.45, 7) is 7.45. The summed E-state index contributed by atoms with van der Waals surface area (Å²) in [5.74, 6) is -0.301. The van der Waals surface area contributed by atoms with Gasteiger partial charge in [-0.1, -0.05) is 36.4 Å². The van der Waals surface area contributed by atoms with E-state index >= 15 is 0 Å². The zero-order chi connectivity index (χ0) is 27.6. The summed E-state index contributed by atoms with van der Waals surface area (Å²) in [6.07, 6.45) is 5.19. The molecule has 9 nitrogen and oxygen atoms in total. The van der Waals surface area contributed by atoms with Crippen LogP contribution in [0.1, 0.15) is 35.3 Å². The summed E-state index contributed by atoms with van der Waals surface area (Å²) in [6, 6.07) is 19.9. The molecular formula is C31H32N6O3. The number of aromatic amines is 2. The molecule has 1 saturated heterocycles. The minimum Gasteiger partial charge on any atom is -0.373 e. The Morgan fingerprint density at radius 1 is 1.02 bits per heavy atom. The zero-order valence-electron chi connectivity index (χ0n) is 22.6. The average Bonchev–Trinajstić information content (AvgIpc) is 3.57. The molecule has 40 heavy (non-hydrogen) atoms. The number of anilines is 1. The lowest BCUT2D eigenvalue weighted by Gasteiger charge is -2.35. The summed E-state index contributed by atoms with van der Waals surface area (Å²) in [4.78, 5) is 34.2. The molecule has 3 N–H and O–H groups in total. The first kappa shape index (κ1) is 25.8. The lowest BCUT2D eigenvalue weighted by atomic mass is 10.1. The van der Waals surface area contributed by atoms with Crippen molar-refractivity contribution < 1.29 is 9.53 Å². The number of nitrogens with zero attached hydrogens (tertiary/aromatic N) is 3. The Morgan fingerprint density at radius 2 is 1.82 bits per heavy atom. The Bertz CT molecular complexity index is 1690. The zero-order valence-corrected chi connectivity index (χ0v) is 22.6. The molecule has 4 heterocycles. The smallest absolute Gasteiger partial charge is 0.258 e. The summed E-state index contributed by atoms with van der Waals surface area (Å²) < 4.78 is 7.58. The third-order valence-corrected chi connectivity index (χ3v) is 7.12. The predicted molar refractivity (Wildman–Crippen MR) is 155 cm³/mol. The lowest BCUT2D eigenvalue weighted by molar-refractivity contribution is -0.0704. The van der Waals surface area contributed by atoms with Gasteiger partial charge in [-0.25, -0.2) is 0 Å². The topological polar surface area (TPSA) is 108 Å². The molecule has 1 aliphatic rings. The van der Waals surface area contributed by atoms with Crippen LogP contribution in [0.2, 0.25) is 0 Å². The SMILES string of the molecule is C[C@@H]1CN(Cc2ccc3[nH]c(-c4cc(NC(=O)c5cnn(Cc6ccccc6)c5)c[nH]c4=O)cc3c2)C[C@H](C)O1. The first-order valence-electron chi connectivity index (χ1n) is 13.5. The number of hydrogen-bond acceptors (Lipinski definition) is 5. The van der Waals surface area contributed by atoms with Crippen molar-refractivity contribution in [1.82, 2.24) is 24.6 Å². The summed E-state index contributed by atoms with van der Waals surface area (Å²) in [5.41, 5.74) is 5.08. The Hall–Kier alpha value is -4.47. The molecule has 2 aromatic carbocycles.